The summed E-state index contributed by atoms with van der Waals surface area (Å²) < 4.78 is 0. The number of carboxylic acids is 1. The van der Waals surface area contributed by atoms with Crippen molar-refractivity contribution >= 4 is 11.9 Å². The van der Waals surface area contributed by atoms with Crippen LogP contribution in [0.3, 0.4) is 0 Å². The highest BCUT2D eigenvalue weighted by molar-refractivity contribution is 5.91. The molecular weight excluding hydrogens is 302 g/mol. The summed E-state index contributed by atoms with van der Waals surface area (Å²) in [5.41, 5.74) is 1.97. The van der Waals surface area contributed by atoms with E-state index in [0.717, 1.165) is 16.7 Å². The zero-order valence-electron chi connectivity index (χ0n) is 14.2. The lowest BCUT2D eigenvalue weighted by Crippen LogP contribution is -2.49. The molecule has 1 unspecified atom stereocenters. The number of amides is 1. The van der Waals surface area contributed by atoms with Gasteiger partial charge in [0.1, 0.15) is 6.04 Å². The smallest absolute Gasteiger partial charge is 0.326 e. The molecule has 0 saturated heterocycles. The van der Waals surface area contributed by atoms with E-state index in [1.165, 1.54) is 0 Å². The van der Waals surface area contributed by atoms with E-state index < -0.39 is 17.4 Å². The Labute approximate surface area is 142 Å². The maximum atomic E-state index is 12.7. The maximum Gasteiger partial charge on any atom is 0.326 e. The molecule has 0 aromatic heterocycles. The van der Waals surface area contributed by atoms with E-state index in [9.17, 15) is 14.7 Å². The van der Waals surface area contributed by atoms with E-state index >= 15 is 0 Å². The third-order valence-corrected chi connectivity index (χ3v) is 4.27. The van der Waals surface area contributed by atoms with Crippen LogP contribution in [0.1, 0.15) is 30.5 Å². The van der Waals surface area contributed by atoms with E-state index in [-0.39, 0.29) is 12.3 Å². The Morgan fingerprint density at radius 2 is 1.62 bits per heavy atom. The van der Waals surface area contributed by atoms with Crippen LogP contribution in [0.5, 0.6) is 0 Å². The van der Waals surface area contributed by atoms with Gasteiger partial charge in [-0.15, -0.1) is 0 Å². The molecule has 2 N–H and O–H groups in total. The van der Waals surface area contributed by atoms with Crippen LogP contribution in [-0.4, -0.2) is 23.0 Å². The van der Waals surface area contributed by atoms with E-state index in [0.29, 0.717) is 0 Å². The Morgan fingerprint density at radius 1 is 1.04 bits per heavy atom. The SMILES string of the molecule is Cc1ccccc1C(C)(C)C(=O)NC(Cc1ccccc1)C(=O)O. The topological polar surface area (TPSA) is 66.4 Å². The first kappa shape index (κ1) is 17.7. The van der Waals surface area contributed by atoms with Gasteiger partial charge >= 0.3 is 5.97 Å². The first-order valence-corrected chi connectivity index (χ1v) is 7.96. The monoisotopic (exact) mass is 325 g/mol. The molecule has 24 heavy (non-hydrogen) atoms. The molecule has 4 heteroatoms. The Kier molecular flexibility index (Phi) is 5.39. The molecule has 0 aliphatic carbocycles. The van der Waals surface area contributed by atoms with Crippen molar-refractivity contribution in [3.05, 3.63) is 71.3 Å². The minimum absolute atomic E-state index is 0.256. The van der Waals surface area contributed by atoms with Crippen molar-refractivity contribution in [1.29, 1.82) is 0 Å². The number of nitrogens with one attached hydrogen (secondary N) is 1. The van der Waals surface area contributed by atoms with Crippen molar-refractivity contribution in [2.45, 2.75) is 38.6 Å². The third kappa shape index (κ3) is 4.02. The van der Waals surface area contributed by atoms with Gasteiger partial charge in [-0.05, 0) is 37.5 Å². The molecule has 1 atom stereocenters. The van der Waals surface area contributed by atoms with Crippen LogP contribution in [0.2, 0.25) is 0 Å². The minimum atomic E-state index is -1.03. The molecule has 0 saturated carbocycles. The van der Waals surface area contributed by atoms with Crippen molar-refractivity contribution in [2.75, 3.05) is 0 Å². The van der Waals surface area contributed by atoms with Crippen LogP contribution in [0.15, 0.2) is 54.6 Å². The van der Waals surface area contributed by atoms with Crippen molar-refractivity contribution in [1.82, 2.24) is 5.32 Å². The number of aryl methyl sites for hydroxylation is 1. The summed E-state index contributed by atoms with van der Waals surface area (Å²) in [6.45, 7) is 5.57. The summed E-state index contributed by atoms with van der Waals surface area (Å²) >= 11 is 0. The lowest BCUT2D eigenvalue weighted by molar-refractivity contribution is -0.142. The van der Waals surface area contributed by atoms with Gasteiger partial charge in [-0.1, -0.05) is 54.6 Å². The van der Waals surface area contributed by atoms with Gasteiger partial charge in [-0.3, -0.25) is 4.79 Å². The van der Waals surface area contributed by atoms with E-state index in [1.54, 1.807) is 0 Å². The van der Waals surface area contributed by atoms with Gasteiger partial charge in [0.15, 0.2) is 0 Å². The number of aliphatic carboxylic acids is 1. The second-order valence-corrected chi connectivity index (χ2v) is 6.49. The molecule has 0 radical (unpaired) electrons. The van der Waals surface area contributed by atoms with E-state index in [2.05, 4.69) is 5.32 Å². The number of carbonyl (C=O) groups is 2. The van der Waals surface area contributed by atoms with Gasteiger partial charge < -0.3 is 10.4 Å². The number of hydrogen-bond acceptors (Lipinski definition) is 2. The third-order valence-electron chi connectivity index (χ3n) is 4.27. The first-order valence-electron chi connectivity index (χ1n) is 7.96. The number of carbonyl (C=O) groups excluding carboxylic acids is 1. The zero-order chi connectivity index (χ0) is 17.7. The molecule has 0 fully saturated rings. The normalized spacial score (nSPS) is 12.5. The molecule has 1 amide bonds. The molecule has 126 valence electrons. The second kappa shape index (κ2) is 7.30. The molecule has 0 heterocycles. The average Bonchev–Trinajstić information content (AvgIpc) is 2.55. The summed E-state index contributed by atoms with van der Waals surface area (Å²) in [5, 5.41) is 12.2. The van der Waals surface area contributed by atoms with Crippen LogP contribution in [0, 0.1) is 6.92 Å². The van der Waals surface area contributed by atoms with Crippen LogP contribution in [0.4, 0.5) is 0 Å². The average molecular weight is 325 g/mol. The van der Waals surface area contributed by atoms with Crippen molar-refractivity contribution < 1.29 is 14.7 Å². The van der Waals surface area contributed by atoms with Gasteiger partial charge in [0, 0.05) is 6.42 Å². The van der Waals surface area contributed by atoms with Gasteiger partial charge in [0.05, 0.1) is 5.41 Å². The minimum Gasteiger partial charge on any atom is -0.480 e. The lowest BCUT2D eigenvalue weighted by atomic mass is 9.81. The molecule has 0 bridgehead atoms. The molecule has 2 aromatic carbocycles. The second-order valence-electron chi connectivity index (χ2n) is 6.49. The number of rotatable bonds is 6. The summed E-state index contributed by atoms with van der Waals surface area (Å²) in [4.78, 5) is 24.3. The highest BCUT2D eigenvalue weighted by Gasteiger charge is 2.33. The van der Waals surface area contributed by atoms with Crippen molar-refractivity contribution in [2.24, 2.45) is 0 Å². The summed E-state index contributed by atoms with van der Waals surface area (Å²) in [6, 6.07) is 16.0. The fourth-order valence-corrected chi connectivity index (χ4v) is 2.79. The Balaban J connectivity index is 2.18. The predicted octanol–water partition coefficient (Wildman–Crippen LogP) is 3.08. The number of hydrogen-bond donors (Lipinski definition) is 2. The molecular formula is C20H23NO3. The van der Waals surface area contributed by atoms with Gasteiger partial charge in [-0.2, -0.15) is 0 Å². The largest absolute Gasteiger partial charge is 0.480 e. The standard InChI is InChI=1S/C20H23NO3/c1-14-9-7-8-12-16(14)20(2,3)19(24)21-17(18(22)23)13-15-10-5-4-6-11-15/h4-12,17H,13H2,1-3H3,(H,21,24)(H,22,23). The van der Waals surface area contributed by atoms with Crippen molar-refractivity contribution in [3.63, 3.8) is 0 Å². The van der Waals surface area contributed by atoms with Crippen LogP contribution in [0.25, 0.3) is 0 Å². The molecule has 0 aliphatic rings. The lowest BCUT2D eigenvalue weighted by Gasteiger charge is -2.28. The van der Waals surface area contributed by atoms with Gasteiger partial charge in [-0.25, -0.2) is 4.79 Å². The number of carboxylic acid groups (broad SMARTS) is 1. The molecule has 4 nitrogen and oxygen atoms in total. The Morgan fingerprint density at radius 3 is 2.21 bits per heavy atom. The summed E-state index contributed by atoms with van der Waals surface area (Å²) in [7, 11) is 0. The fourth-order valence-electron chi connectivity index (χ4n) is 2.79. The first-order chi connectivity index (χ1) is 11.3. The van der Waals surface area contributed by atoms with Gasteiger partial charge in [0.25, 0.3) is 0 Å². The van der Waals surface area contributed by atoms with Crippen LogP contribution < -0.4 is 5.32 Å². The number of benzene rings is 2. The molecule has 2 aromatic rings. The van der Waals surface area contributed by atoms with Gasteiger partial charge in [0.2, 0.25) is 5.91 Å². The van der Waals surface area contributed by atoms with Crippen LogP contribution in [-0.2, 0) is 21.4 Å². The highest BCUT2D eigenvalue weighted by Crippen LogP contribution is 2.26. The maximum absolute atomic E-state index is 12.7. The van der Waals surface area contributed by atoms with Crippen LogP contribution >= 0.6 is 0 Å². The van der Waals surface area contributed by atoms with E-state index in [4.69, 9.17) is 0 Å². The highest BCUT2D eigenvalue weighted by atomic mass is 16.4. The Bertz CT molecular complexity index is 723. The fraction of sp³-hybridized carbons (Fsp3) is 0.300. The quantitative estimate of drug-likeness (QED) is 0.858. The zero-order valence-corrected chi connectivity index (χ0v) is 14.2. The summed E-state index contributed by atoms with van der Waals surface area (Å²) in [6.07, 6.45) is 0.256. The van der Waals surface area contributed by atoms with Crippen molar-refractivity contribution in [3.8, 4) is 0 Å². The van der Waals surface area contributed by atoms with E-state index in [1.807, 2.05) is 75.4 Å². The predicted molar refractivity (Wildman–Crippen MR) is 93.9 cm³/mol. The Hall–Kier alpha value is -2.62. The molecule has 0 spiro atoms. The molecule has 0 aliphatic heterocycles. The summed E-state index contributed by atoms with van der Waals surface area (Å²) in [5.74, 6) is -1.33. The molecule has 2 rings (SSSR count).